The van der Waals surface area contributed by atoms with Crippen molar-refractivity contribution in [3.05, 3.63) is 70.9 Å². The lowest BCUT2D eigenvalue weighted by molar-refractivity contribution is -0.119. The van der Waals surface area contributed by atoms with E-state index in [1.807, 2.05) is 30.0 Å². The van der Waals surface area contributed by atoms with Gasteiger partial charge in [-0.05, 0) is 80.3 Å². The fraction of sp³-hybridized carbons (Fsp3) is 0.485. The summed E-state index contributed by atoms with van der Waals surface area (Å²) >= 11 is 0. The van der Waals surface area contributed by atoms with E-state index in [4.69, 9.17) is 5.73 Å². The van der Waals surface area contributed by atoms with Gasteiger partial charge in [0.2, 0.25) is 5.91 Å². The second kappa shape index (κ2) is 12.8. The van der Waals surface area contributed by atoms with Gasteiger partial charge in [-0.2, -0.15) is 0 Å². The normalized spacial score (nSPS) is 21.4. The van der Waals surface area contributed by atoms with Crippen molar-refractivity contribution in [1.29, 1.82) is 0 Å². The van der Waals surface area contributed by atoms with Crippen LogP contribution < -0.4 is 11.1 Å². The predicted octanol–water partition coefficient (Wildman–Crippen LogP) is 5.22. The van der Waals surface area contributed by atoms with Gasteiger partial charge in [0.25, 0.3) is 5.91 Å². The van der Waals surface area contributed by atoms with Crippen LogP contribution in [0.4, 0.5) is 5.69 Å². The third-order valence-electron chi connectivity index (χ3n) is 9.12. The molecule has 7 nitrogen and oxygen atoms in total. The van der Waals surface area contributed by atoms with Gasteiger partial charge in [0.1, 0.15) is 0 Å². The van der Waals surface area contributed by atoms with Gasteiger partial charge >= 0.3 is 0 Å². The minimum atomic E-state index is 0.0187. The van der Waals surface area contributed by atoms with Crippen LogP contribution in [0.3, 0.4) is 0 Å². The van der Waals surface area contributed by atoms with E-state index in [0.717, 1.165) is 67.8 Å². The largest absolute Gasteiger partial charge is 0.404 e. The number of nitrogens with two attached hydrogens (primary N) is 1. The Hall–Kier alpha value is -3.45. The number of carbonyl (C=O) groups is 2. The Morgan fingerprint density at radius 3 is 2.33 bits per heavy atom. The summed E-state index contributed by atoms with van der Waals surface area (Å²) in [7, 11) is 1.74. The van der Waals surface area contributed by atoms with Gasteiger partial charge < -0.3 is 16.0 Å². The molecule has 2 heterocycles. The molecule has 1 aliphatic carbocycles. The molecule has 2 saturated heterocycles. The van der Waals surface area contributed by atoms with E-state index < -0.39 is 0 Å². The SMILES string of the molecule is CN=CC(=CN)c1ccc(C2CCN(C(=O)c3ccc(C)c(NC(=O)C4CCN(C5CCCC5)C4)c3)CC2)cc1. The fourth-order valence-electron chi connectivity index (χ4n) is 6.63. The third-order valence-corrected chi connectivity index (χ3v) is 9.12. The van der Waals surface area contributed by atoms with E-state index in [2.05, 4.69) is 39.5 Å². The standard InChI is InChI=1S/C33H43N5O2/c1-23-7-8-27(19-31(23)36-32(39)28-15-18-38(22-28)30-5-3-4-6-30)33(40)37-16-13-26(14-17-37)24-9-11-25(12-10-24)29(20-34)21-35-2/h7-12,19-21,26,28,30H,3-6,13-18,22,34H2,1-2H3,(H,36,39). The maximum Gasteiger partial charge on any atom is 0.253 e. The molecule has 1 unspecified atom stereocenters. The molecule has 2 aromatic carbocycles. The molecule has 1 atom stereocenters. The molecule has 3 N–H and O–H groups in total. The zero-order valence-electron chi connectivity index (χ0n) is 23.9. The van der Waals surface area contributed by atoms with Crippen LogP contribution in [0.15, 0.2) is 53.7 Å². The number of likely N-dealkylation sites (tertiary alicyclic amines) is 2. The molecule has 5 rings (SSSR count). The number of hydrogen-bond acceptors (Lipinski definition) is 5. The van der Waals surface area contributed by atoms with Crippen molar-refractivity contribution in [2.24, 2.45) is 16.6 Å². The summed E-state index contributed by atoms with van der Waals surface area (Å²) in [6.07, 6.45) is 11.3. The summed E-state index contributed by atoms with van der Waals surface area (Å²) in [5, 5.41) is 3.16. The lowest BCUT2D eigenvalue weighted by Gasteiger charge is -2.32. The molecule has 0 radical (unpaired) electrons. The first-order valence-electron chi connectivity index (χ1n) is 14.9. The smallest absolute Gasteiger partial charge is 0.253 e. The Balaban J connectivity index is 1.16. The average molecular weight is 542 g/mol. The highest BCUT2D eigenvalue weighted by atomic mass is 16.2. The number of anilines is 1. The number of hydrogen-bond donors (Lipinski definition) is 2. The van der Waals surface area contributed by atoms with Gasteiger partial charge in [-0.25, -0.2) is 0 Å². The van der Waals surface area contributed by atoms with Crippen LogP contribution in [0.25, 0.3) is 5.57 Å². The first-order chi connectivity index (χ1) is 19.5. The number of benzene rings is 2. The van der Waals surface area contributed by atoms with Crippen LogP contribution in [0.1, 0.15) is 77.9 Å². The number of nitrogens with one attached hydrogen (secondary N) is 1. The monoisotopic (exact) mass is 541 g/mol. The van der Waals surface area contributed by atoms with E-state index >= 15 is 0 Å². The van der Waals surface area contributed by atoms with E-state index in [1.54, 1.807) is 19.5 Å². The number of nitrogens with zero attached hydrogens (tertiary/aromatic N) is 3. The van der Waals surface area contributed by atoms with Crippen LogP contribution in [0, 0.1) is 12.8 Å². The molecule has 0 aromatic heterocycles. The Bertz CT molecular complexity index is 1250. The number of rotatable bonds is 7. The minimum absolute atomic E-state index is 0.0187. The second-order valence-electron chi connectivity index (χ2n) is 11.6. The Kier molecular flexibility index (Phi) is 9.00. The summed E-state index contributed by atoms with van der Waals surface area (Å²) in [5.41, 5.74) is 11.4. The molecule has 7 heteroatoms. The van der Waals surface area contributed by atoms with Crippen molar-refractivity contribution in [2.45, 2.75) is 63.8 Å². The number of aliphatic imine (C=N–C) groups is 1. The van der Waals surface area contributed by atoms with Crippen molar-refractivity contribution < 1.29 is 9.59 Å². The molecule has 2 aliphatic heterocycles. The third kappa shape index (κ3) is 6.30. The Morgan fingerprint density at radius 1 is 0.950 bits per heavy atom. The molecule has 2 aromatic rings. The van der Waals surface area contributed by atoms with Crippen LogP contribution in [-0.4, -0.2) is 67.1 Å². The van der Waals surface area contributed by atoms with E-state index in [9.17, 15) is 9.59 Å². The molecule has 1 saturated carbocycles. The van der Waals surface area contributed by atoms with Crippen molar-refractivity contribution >= 4 is 29.3 Å². The highest BCUT2D eigenvalue weighted by molar-refractivity contribution is 6.09. The minimum Gasteiger partial charge on any atom is -0.404 e. The number of carbonyl (C=O) groups excluding carboxylic acids is 2. The summed E-state index contributed by atoms with van der Waals surface area (Å²) in [5.74, 6) is 0.557. The van der Waals surface area contributed by atoms with Gasteiger partial charge in [0, 0.05) is 62.0 Å². The highest BCUT2D eigenvalue weighted by Gasteiger charge is 2.33. The molecule has 212 valence electrons. The summed E-state index contributed by atoms with van der Waals surface area (Å²) in [4.78, 5) is 35.1. The van der Waals surface area contributed by atoms with Crippen molar-refractivity contribution in [3.8, 4) is 0 Å². The quantitative estimate of drug-likeness (QED) is 0.471. The molecular formula is C33H43N5O2. The maximum absolute atomic E-state index is 13.4. The van der Waals surface area contributed by atoms with Crippen LogP contribution in [-0.2, 0) is 4.79 Å². The van der Waals surface area contributed by atoms with E-state index in [1.165, 1.54) is 31.2 Å². The Morgan fingerprint density at radius 2 is 1.65 bits per heavy atom. The zero-order chi connectivity index (χ0) is 28.1. The molecule has 0 bridgehead atoms. The average Bonchev–Trinajstić information content (AvgIpc) is 3.70. The van der Waals surface area contributed by atoms with Gasteiger partial charge in [-0.1, -0.05) is 43.2 Å². The van der Waals surface area contributed by atoms with Crippen molar-refractivity contribution in [2.75, 3.05) is 38.5 Å². The van der Waals surface area contributed by atoms with Crippen molar-refractivity contribution in [1.82, 2.24) is 9.80 Å². The molecule has 40 heavy (non-hydrogen) atoms. The number of amides is 2. The van der Waals surface area contributed by atoms with Gasteiger partial charge in [0.05, 0.1) is 5.92 Å². The van der Waals surface area contributed by atoms with Gasteiger partial charge in [-0.15, -0.1) is 0 Å². The number of piperidine rings is 1. The molecule has 2 amide bonds. The summed E-state index contributed by atoms with van der Waals surface area (Å²) in [6.45, 7) is 5.29. The lowest BCUT2D eigenvalue weighted by atomic mass is 9.88. The van der Waals surface area contributed by atoms with E-state index in [-0.39, 0.29) is 17.7 Å². The topological polar surface area (TPSA) is 91.0 Å². The predicted molar refractivity (Wildman–Crippen MR) is 163 cm³/mol. The van der Waals surface area contributed by atoms with Crippen LogP contribution in [0.5, 0.6) is 0 Å². The van der Waals surface area contributed by atoms with Crippen LogP contribution in [0.2, 0.25) is 0 Å². The summed E-state index contributed by atoms with van der Waals surface area (Å²) in [6, 6.07) is 14.9. The fourth-order valence-corrected chi connectivity index (χ4v) is 6.63. The van der Waals surface area contributed by atoms with Gasteiger partial charge in [0.15, 0.2) is 0 Å². The zero-order valence-corrected chi connectivity index (χ0v) is 23.9. The maximum atomic E-state index is 13.4. The highest BCUT2D eigenvalue weighted by Crippen LogP contribution is 2.31. The lowest BCUT2D eigenvalue weighted by Crippen LogP contribution is -2.38. The van der Waals surface area contributed by atoms with Crippen molar-refractivity contribution in [3.63, 3.8) is 0 Å². The van der Waals surface area contributed by atoms with E-state index in [0.29, 0.717) is 17.5 Å². The van der Waals surface area contributed by atoms with Gasteiger partial charge in [-0.3, -0.25) is 19.5 Å². The molecule has 3 aliphatic rings. The molecule has 3 fully saturated rings. The first kappa shape index (κ1) is 28.1. The summed E-state index contributed by atoms with van der Waals surface area (Å²) < 4.78 is 0. The molecule has 0 spiro atoms. The Labute approximate surface area is 238 Å². The number of aryl methyl sites for hydroxylation is 1. The second-order valence-corrected chi connectivity index (χ2v) is 11.6. The number of allylic oxidation sites excluding steroid dienone is 1. The van der Waals surface area contributed by atoms with Crippen LogP contribution >= 0.6 is 0 Å². The first-order valence-corrected chi connectivity index (χ1v) is 14.9. The molecular weight excluding hydrogens is 498 g/mol.